The Labute approximate surface area is 299 Å². The molecule has 0 unspecified atom stereocenters. The molecule has 46 heavy (non-hydrogen) atoms. The van der Waals surface area contributed by atoms with Crippen LogP contribution in [0, 0.1) is 83.7 Å². The molecule has 4 fully saturated rings. The Morgan fingerprint density at radius 3 is 0.804 bits per heavy atom. The van der Waals surface area contributed by atoms with Crippen LogP contribution in [0.15, 0.2) is 121 Å². The molecule has 0 N–H and O–H groups in total. The zero-order chi connectivity index (χ0) is 31.1. The molecule has 0 amide bonds. The quantitative estimate of drug-likeness (QED) is 0.261. The summed E-state index contributed by atoms with van der Waals surface area (Å²) in [6.45, 7) is 5.28. The molecule has 2 aliphatic carbocycles. The molecule has 5 heteroatoms. The molecule has 0 spiro atoms. The van der Waals surface area contributed by atoms with E-state index in [1.165, 1.54) is 34.7 Å². The second kappa shape index (κ2) is 23.9. The van der Waals surface area contributed by atoms with E-state index in [0.29, 0.717) is 0 Å². The smallest absolute Gasteiger partial charge is 0.381 e. The fourth-order valence-corrected chi connectivity index (χ4v) is 5.47. The van der Waals surface area contributed by atoms with E-state index in [2.05, 4.69) is 132 Å². The van der Waals surface area contributed by atoms with E-state index in [1.54, 1.807) is 19.5 Å². The Morgan fingerprint density at radius 1 is 0.370 bits per heavy atom. The number of hydrogen-bond donors (Lipinski definition) is 0. The van der Waals surface area contributed by atoms with Gasteiger partial charge >= 0.3 is 26.2 Å². The van der Waals surface area contributed by atoms with E-state index in [1.807, 2.05) is 64.2 Å². The molecule has 4 aromatic rings. The Balaban J connectivity index is 0.000000219. The monoisotopic (exact) mass is 678 g/mol. The first-order chi connectivity index (χ1) is 22.4. The van der Waals surface area contributed by atoms with Crippen LogP contribution in [0.3, 0.4) is 0 Å². The zero-order valence-electron chi connectivity index (χ0n) is 26.3. The van der Waals surface area contributed by atoms with E-state index in [0.717, 1.165) is 13.2 Å². The summed E-state index contributed by atoms with van der Waals surface area (Å²) < 4.78 is 4.94. The van der Waals surface area contributed by atoms with Gasteiger partial charge in [0.15, 0.2) is 0 Å². The summed E-state index contributed by atoms with van der Waals surface area (Å²) in [4.78, 5) is 0. The predicted octanol–water partition coefficient (Wildman–Crippen LogP) is 5.55. The Hall–Kier alpha value is -2.29. The molecule has 15 radical (unpaired) electrons. The van der Waals surface area contributed by atoms with Crippen LogP contribution >= 0.6 is 0 Å². The number of rotatable bonds is 4. The van der Waals surface area contributed by atoms with Crippen molar-refractivity contribution in [3.8, 4) is 0 Å². The van der Waals surface area contributed by atoms with Crippen LogP contribution in [0.4, 0.5) is 0 Å². The second-order valence-electron chi connectivity index (χ2n) is 10.5. The normalized spacial score (nSPS) is 16.5. The van der Waals surface area contributed by atoms with E-state index in [9.17, 15) is 0 Å². The molecule has 0 atom stereocenters. The van der Waals surface area contributed by atoms with Crippen LogP contribution in [0.25, 0.3) is 0 Å². The average molecular weight is 680 g/mol. The second-order valence-corrected chi connectivity index (χ2v) is 10.5. The fourth-order valence-electron chi connectivity index (χ4n) is 5.47. The van der Waals surface area contributed by atoms with E-state index in [4.69, 9.17) is 4.74 Å². The molecule has 2 saturated heterocycles. The topological polar surface area (TPSA) is 37.4 Å². The minimum Gasteiger partial charge on any atom is -0.381 e. The largest absolute Gasteiger partial charge is 4.00 e. The van der Waals surface area contributed by atoms with Gasteiger partial charge in [0, 0.05) is 19.6 Å². The Morgan fingerprint density at radius 2 is 0.630 bits per heavy atom. The third-order valence-electron chi connectivity index (χ3n) is 7.51. The maximum atomic E-state index is 4.94. The van der Waals surface area contributed by atoms with Crippen molar-refractivity contribution in [2.45, 2.75) is 12.8 Å². The van der Waals surface area contributed by atoms with Crippen molar-refractivity contribution in [2.24, 2.45) is 0 Å². The first kappa shape index (κ1) is 38.2. The minimum atomic E-state index is -1.22. The molecule has 2 aliphatic heterocycles. The molecule has 3 nitrogen and oxygen atoms in total. The molecule has 0 bridgehead atoms. The number of nitrogens with zero attached hydrogens (tertiary/aromatic N) is 2. The van der Waals surface area contributed by atoms with Gasteiger partial charge in [0.1, 0.15) is 6.15 Å². The van der Waals surface area contributed by atoms with Crippen LogP contribution in [-0.2, 0) is 30.9 Å². The van der Waals surface area contributed by atoms with Gasteiger partial charge in [-0.15, -0.1) is 10.9 Å². The van der Waals surface area contributed by atoms with Gasteiger partial charge in [-0.05, 0) is 77.0 Å². The van der Waals surface area contributed by atoms with Crippen molar-refractivity contribution in [1.29, 1.82) is 0 Å². The summed E-state index contributed by atoms with van der Waals surface area (Å²) in [5.41, 5.74) is 12.3. The summed E-state index contributed by atoms with van der Waals surface area (Å²) >= 11 is 0. The fraction of sp³-hybridized carbons (Fsp3) is 0.0976. The maximum Gasteiger partial charge on any atom is 4.00 e. The summed E-state index contributed by atoms with van der Waals surface area (Å²) in [6.07, 6.45) is 23.1. The van der Waals surface area contributed by atoms with Crippen LogP contribution in [0.5, 0.6) is 0 Å². The summed E-state index contributed by atoms with van der Waals surface area (Å²) in [5, 5.41) is 0. The van der Waals surface area contributed by atoms with Gasteiger partial charge in [0.05, 0.1) is 13.1 Å². The van der Waals surface area contributed by atoms with Crippen molar-refractivity contribution in [3.63, 3.8) is 0 Å². The molecule has 8 rings (SSSR count). The predicted molar refractivity (Wildman–Crippen MR) is 190 cm³/mol. The van der Waals surface area contributed by atoms with Crippen molar-refractivity contribution in [3.05, 3.63) is 205 Å². The zero-order valence-corrected chi connectivity index (χ0v) is 28.7. The van der Waals surface area contributed by atoms with Gasteiger partial charge in [0.2, 0.25) is 0 Å². The molecule has 4 aromatic carbocycles. The molecule has 4 aliphatic rings. The molecule has 225 valence electrons. The Bertz CT molecular complexity index is 1010. The van der Waals surface area contributed by atoms with Crippen LogP contribution in [0.1, 0.15) is 12.8 Å². The molecule has 0 aromatic heterocycles. The average Bonchev–Trinajstić information content (AvgIpc) is 3.97. The van der Waals surface area contributed by atoms with Crippen molar-refractivity contribution in [1.82, 2.24) is 10.9 Å². The molecule has 2 saturated carbocycles. The van der Waals surface area contributed by atoms with E-state index < -0.39 is 6.15 Å². The van der Waals surface area contributed by atoms with Gasteiger partial charge in [-0.3, -0.25) is 0 Å². The van der Waals surface area contributed by atoms with Gasteiger partial charge in [0.25, 0.3) is 0 Å². The van der Waals surface area contributed by atoms with Crippen molar-refractivity contribution < 1.29 is 30.9 Å². The van der Waals surface area contributed by atoms with Gasteiger partial charge in [-0.25, -0.2) is 0 Å². The molecule has 2 heterocycles. The molecular formula is C41H41BN2OZr+3. The number of ether oxygens (including phenoxy) is 1. The summed E-state index contributed by atoms with van der Waals surface area (Å²) in [6, 6.07) is 43.5. The summed E-state index contributed by atoms with van der Waals surface area (Å²) in [5.74, 6) is 0. The van der Waals surface area contributed by atoms with Crippen LogP contribution in [-0.4, -0.2) is 19.4 Å². The standard InChI is InChI=1S/C24H20B.2C5H5.C4H8O.C3H3N2.Zr/c1-5-13-21(14-6-1)25(22-15-7-2-8-16-22,23-17-9-3-10-18-23)24-19-11-4-12-20-24;4*1-2-4-5-3-1;/h1-20H;2*1-5H;1-4H2;1-3H;/q-1;;;;;+4. The van der Waals surface area contributed by atoms with Crippen LogP contribution in [0.2, 0.25) is 0 Å². The van der Waals surface area contributed by atoms with Gasteiger partial charge < -0.3 is 4.74 Å². The first-order valence-electron chi connectivity index (χ1n) is 15.6. The molecular weight excluding hydrogens is 638 g/mol. The summed E-state index contributed by atoms with van der Waals surface area (Å²) in [7, 11) is 0. The van der Waals surface area contributed by atoms with E-state index in [-0.39, 0.29) is 26.2 Å². The third-order valence-corrected chi connectivity index (χ3v) is 7.51. The van der Waals surface area contributed by atoms with Crippen LogP contribution < -0.4 is 32.7 Å². The maximum absolute atomic E-state index is 4.94. The first-order valence-corrected chi connectivity index (χ1v) is 15.6. The SMILES string of the molecule is C1CCOC1.[CH]1[CH][CH][CH][CH]1.[CH]1[CH][CH][CH][CH]1.[CH]1[CH][N][N][CH]1.[Zr+4].c1ccc([B-](c2ccccc2)(c2ccccc2)c2ccccc2)cc1. The van der Waals surface area contributed by atoms with Crippen molar-refractivity contribution in [2.75, 3.05) is 13.2 Å². The third kappa shape index (κ3) is 12.7. The van der Waals surface area contributed by atoms with E-state index >= 15 is 0 Å². The van der Waals surface area contributed by atoms with Crippen molar-refractivity contribution >= 4 is 28.0 Å². The number of benzene rings is 4. The van der Waals surface area contributed by atoms with Gasteiger partial charge in [-0.2, -0.15) is 21.9 Å². The number of hydrogen-bond acceptors (Lipinski definition) is 1. The minimum absolute atomic E-state index is 0. The Kier molecular flexibility index (Phi) is 19.9. The van der Waals surface area contributed by atoms with Gasteiger partial charge in [-0.1, -0.05) is 121 Å².